The predicted molar refractivity (Wildman–Crippen MR) is 74.0 cm³/mol. The Morgan fingerprint density at radius 1 is 1.44 bits per heavy atom. The molecule has 2 rings (SSSR count). The van der Waals surface area contributed by atoms with Crippen LogP contribution in [0.4, 0.5) is 0 Å². The van der Waals surface area contributed by atoms with Gasteiger partial charge in [0.25, 0.3) is 0 Å². The summed E-state index contributed by atoms with van der Waals surface area (Å²) < 4.78 is 1.11. The lowest BCUT2D eigenvalue weighted by atomic mass is 9.91. The van der Waals surface area contributed by atoms with E-state index in [1.54, 1.807) is 0 Å². The predicted octanol–water partition coefficient (Wildman–Crippen LogP) is 4.82. The molecule has 1 aromatic heterocycles. The third kappa shape index (κ3) is 3.24. The lowest BCUT2D eigenvalue weighted by Crippen LogP contribution is -2.15. The molecule has 0 bridgehead atoms. The van der Waals surface area contributed by atoms with Gasteiger partial charge in [-0.2, -0.15) is 0 Å². The number of aryl methyl sites for hydroxylation is 1. The van der Waals surface area contributed by atoms with Crippen molar-refractivity contribution >= 4 is 27.7 Å². The van der Waals surface area contributed by atoms with Crippen molar-refractivity contribution in [2.45, 2.75) is 49.8 Å². The molecule has 0 saturated heterocycles. The fourth-order valence-corrected chi connectivity index (χ4v) is 3.86. The van der Waals surface area contributed by atoms with E-state index >= 15 is 0 Å². The smallest absolute Gasteiger partial charge is 0.0966 e. The number of hydrogen-bond donors (Lipinski definition) is 0. The Balaban J connectivity index is 2.00. The molecule has 1 aliphatic carbocycles. The summed E-state index contributed by atoms with van der Waals surface area (Å²) in [5.41, 5.74) is 1.28. The number of pyridine rings is 1. The van der Waals surface area contributed by atoms with E-state index in [1.165, 1.54) is 36.3 Å². The van der Waals surface area contributed by atoms with Crippen LogP contribution in [0.15, 0.2) is 21.8 Å². The molecule has 0 aliphatic heterocycles. The minimum atomic E-state index is 0.775. The topological polar surface area (TPSA) is 12.9 Å². The van der Waals surface area contributed by atoms with Gasteiger partial charge in [-0.1, -0.05) is 19.8 Å². The Labute approximate surface area is 111 Å². The van der Waals surface area contributed by atoms with Crippen LogP contribution in [0, 0.1) is 12.8 Å². The summed E-state index contributed by atoms with van der Waals surface area (Å²) in [7, 11) is 0. The van der Waals surface area contributed by atoms with Gasteiger partial charge in [-0.05, 0) is 53.2 Å². The first-order valence-corrected chi connectivity index (χ1v) is 7.61. The second-order valence-corrected chi connectivity index (χ2v) is 6.96. The molecular formula is C13H18BrNS. The average molecular weight is 300 g/mol. The van der Waals surface area contributed by atoms with Gasteiger partial charge in [-0.25, -0.2) is 4.98 Å². The molecule has 1 fully saturated rings. The van der Waals surface area contributed by atoms with Crippen LogP contribution in [-0.2, 0) is 0 Å². The Hall–Kier alpha value is -0.0200. The molecular weight excluding hydrogens is 282 g/mol. The fraction of sp³-hybridized carbons (Fsp3) is 0.615. The summed E-state index contributed by atoms with van der Waals surface area (Å²) in [5, 5.41) is 1.96. The number of thioether (sulfide) groups is 1. The highest BCUT2D eigenvalue weighted by atomic mass is 79.9. The second-order valence-electron chi connectivity index (χ2n) is 4.78. The van der Waals surface area contributed by atoms with Crippen LogP contribution >= 0.6 is 27.7 Å². The molecule has 0 spiro atoms. The summed E-state index contributed by atoms with van der Waals surface area (Å²) >= 11 is 5.45. The van der Waals surface area contributed by atoms with E-state index in [0.717, 1.165) is 15.6 Å². The molecule has 1 aliphatic rings. The van der Waals surface area contributed by atoms with Gasteiger partial charge in [0.05, 0.1) is 5.03 Å². The van der Waals surface area contributed by atoms with Crippen molar-refractivity contribution in [3.63, 3.8) is 0 Å². The minimum Gasteiger partial charge on any atom is -0.249 e. The van der Waals surface area contributed by atoms with Crippen molar-refractivity contribution in [1.82, 2.24) is 4.98 Å². The van der Waals surface area contributed by atoms with Gasteiger partial charge in [0.2, 0.25) is 0 Å². The molecule has 16 heavy (non-hydrogen) atoms. The average Bonchev–Trinajstić information content (AvgIpc) is 2.24. The molecule has 0 N–H and O–H groups in total. The monoisotopic (exact) mass is 299 g/mol. The zero-order valence-corrected chi connectivity index (χ0v) is 12.3. The fourth-order valence-electron chi connectivity index (χ4n) is 2.23. The summed E-state index contributed by atoms with van der Waals surface area (Å²) in [6.07, 6.45) is 7.41. The maximum atomic E-state index is 4.47. The lowest BCUT2D eigenvalue weighted by Gasteiger charge is -2.25. The molecule has 1 saturated carbocycles. The van der Waals surface area contributed by atoms with Crippen LogP contribution in [0.25, 0.3) is 0 Å². The van der Waals surface area contributed by atoms with Crippen molar-refractivity contribution in [3.05, 3.63) is 22.3 Å². The quantitative estimate of drug-likeness (QED) is 0.776. The third-order valence-corrected chi connectivity index (χ3v) is 5.25. The van der Waals surface area contributed by atoms with Crippen molar-refractivity contribution in [1.29, 1.82) is 0 Å². The van der Waals surface area contributed by atoms with Crippen LogP contribution < -0.4 is 0 Å². The number of rotatable bonds is 2. The Bertz CT molecular complexity index is 367. The van der Waals surface area contributed by atoms with E-state index in [-0.39, 0.29) is 0 Å². The van der Waals surface area contributed by atoms with Crippen LogP contribution in [0.2, 0.25) is 0 Å². The standard InChI is InChI=1S/C13H18BrNS/c1-9-4-3-5-11(6-9)16-13-7-10(2)12(14)8-15-13/h7-9,11H,3-6H2,1-2H3. The number of aromatic nitrogens is 1. The zero-order chi connectivity index (χ0) is 11.5. The van der Waals surface area contributed by atoms with E-state index in [0.29, 0.717) is 0 Å². The zero-order valence-electron chi connectivity index (χ0n) is 9.87. The van der Waals surface area contributed by atoms with Crippen LogP contribution in [0.1, 0.15) is 38.2 Å². The van der Waals surface area contributed by atoms with Gasteiger partial charge < -0.3 is 0 Å². The van der Waals surface area contributed by atoms with Gasteiger partial charge in [0.15, 0.2) is 0 Å². The first kappa shape index (κ1) is 12.4. The molecule has 2 unspecified atom stereocenters. The Kier molecular flexibility index (Phi) is 4.31. The molecule has 1 aromatic rings. The highest BCUT2D eigenvalue weighted by Gasteiger charge is 2.20. The largest absolute Gasteiger partial charge is 0.249 e. The maximum Gasteiger partial charge on any atom is 0.0966 e. The first-order chi connectivity index (χ1) is 7.65. The molecule has 88 valence electrons. The van der Waals surface area contributed by atoms with E-state index < -0.39 is 0 Å². The summed E-state index contributed by atoms with van der Waals surface area (Å²) in [4.78, 5) is 4.47. The summed E-state index contributed by atoms with van der Waals surface area (Å²) in [5.74, 6) is 0.891. The highest BCUT2D eigenvalue weighted by molar-refractivity contribution is 9.10. The van der Waals surface area contributed by atoms with E-state index in [4.69, 9.17) is 0 Å². The van der Waals surface area contributed by atoms with Crippen LogP contribution in [0.3, 0.4) is 0 Å². The molecule has 0 aromatic carbocycles. The van der Waals surface area contributed by atoms with Gasteiger partial charge in [-0.15, -0.1) is 11.8 Å². The molecule has 1 heterocycles. The van der Waals surface area contributed by atoms with E-state index in [1.807, 2.05) is 18.0 Å². The van der Waals surface area contributed by atoms with Gasteiger partial charge in [0, 0.05) is 15.9 Å². The van der Waals surface area contributed by atoms with Crippen molar-refractivity contribution in [2.24, 2.45) is 5.92 Å². The van der Waals surface area contributed by atoms with Crippen LogP contribution in [-0.4, -0.2) is 10.2 Å². The number of nitrogens with zero attached hydrogens (tertiary/aromatic N) is 1. The van der Waals surface area contributed by atoms with E-state index in [9.17, 15) is 0 Å². The Morgan fingerprint density at radius 3 is 2.94 bits per heavy atom. The first-order valence-electron chi connectivity index (χ1n) is 5.94. The van der Waals surface area contributed by atoms with Gasteiger partial charge in [0.1, 0.15) is 0 Å². The minimum absolute atomic E-state index is 0.775. The van der Waals surface area contributed by atoms with E-state index in [2.05, 4.69) is 40.8 Å². The molecule has 0 amide bonds. The number of halogens is 1. The molecule has 3 heteroatoms. The lowest BCUT2D eigenvalue weighted by molar-refractivity contribution is 0.394. The SMILES string of the molecule is Cc1cc(SC2CCCC(C)C2)ncc1Br. The Morgan fingerprint density at radius 2 is 2.25 bits per heavy atom. The van der Waals surface area contributed by atoms with Crippen molar-refractivity contribution < 1.29 is 0 Å². The normalized spacial score (nSPS) is 25.7. The summed E-state index contributed by atoms with van der Waals surface area (Å²) in [6, 6.07) is 2.19. The highest BCUT2D eigenvalue weighted by Crippen LogP contribution is 2.35. The maximum absolute atomic E-state index is 4.47. The molecule has 0 radical (unpaired) electrons. The van der Waals surface area contributed by atoms with Crippen molar-refractivity contribution in [3.8, 4) is 0 Å². The van der Waals surface area contributed by atoms with Gasteiger partial charge in [-0.3, -0.25) is 0 Å². The van der Waals surface area contributed by atoms with Gasteiger partial charge >= 0.3 is 0 Å². The van der Waals surface area contributed by atoms with Crippen molar-refractivity contribution in [2.75, 3.05) is 0 Å². The molecule has 2 atom stereocenters. The van der Waals surface area contributed by atoms with Crippen LogP contribution in [0.5, 0.6) is 0 Å². The second kappa shape index (κ2) is 5.54. The third-order valence-electron chi connectivity index (χ3n) is 3.20. The summed E-state index contributed by atoms with van der Waals surface area (Å²) in [6.45, 7) is 4.49. The number of hydrogen-bond acceptors (Lipinski definition) is 2. The molecule has 1 nitrogen and oxygen atoms in total.